The fourth-order valence-corrected chi connectivity index (χ4v) is 3.14. The number of nitrogens with zero attached hydrogens (tertiary/aromatic N) is 3. The Hall–Kier alpha value is -3.57. The number of anilines is 1. The fourth-order valence-electron chi connectivity index (χ4n) is 2.35. The molecular formula is C19H13FN4O2S. The highest BCUT2D eigenvalue weighted by Crippen LogP contribution is 2.28. The summed E-state index contributed by atoms with van der Waals surface area (Å²) >= 11 is 1.23. The Kier molecular flexibility index (Phi) is 5.24. The first kappa shape index (κ1) is 18.2. The average Bonchev–Trinajstić information content (AvgIpc) is 3.15. The topological polar surface area (TPSA) is 91.8 Å². The molecule has 3 aromatic rings. The largest absolute Gasteiger partial charge is 0.358 e. The van der Waals surface area contributed by atoms with Gasteiger partial charge in [-0.05, 0) is 24.6 Å². The zero-order valence-corrected chi connectivity index (χ0v) is 15.0. The molecule has 0 amide bonds. The minimum atomic E-state index is -0.474. The normalized spacial score (nSPS) is 11.1. The van der Waals surface area contributed by atoms with E-state index in [4.69, 9.17) is 0 Å². The predicted molar refractivity (Wildman–Crippen MR) is 103 cm³/mol. The number of benzene rings is 2. The van der Waals surface area contributed by atoms with Gasteiger partial charge in [0.1, 0.15) is 22.5 Å². The maximum atomic E-state index is 13.8. The van der Waals surface area contributed by atoms with Crippen molar-refractivity contribution in [3.63, 3.8) is 0 Å². The minimum Gasteiger partial charge on any atom is -0.358 e. The smallest absolute Gasteiger partial charge is 0.270 e. The van der Waals surface area contributed by atoms with E-state index >= 15 is 0 Å². The van der Waals surface area contributed by atoms with Gasteiger partial charge >= 0.3 is 0 Å². The number of rotatable bonds is 5. The van der Waals surface area contributed by atoms with Gasteiger partial charge in [-0.25, -0.2) is 9.37 Å². The molecule has 0 spiro atoms. The fraction of sp³-hybridized carbons (Fsp3) is 0.0526. The Morgan fingerprint density at radius 1 is 1.37 bits per heavy atom. The number of nitrogens with one attached hydrogen (secondary N) is 1. The van der Waals surface area contributed by atoms with Crippen LogP contribution >= 0.6 is 11.3 Å². The van der Waals surface area contributed by atoms with Crippen molar-refractivity contribution in [1.29, 1.82) is 5.26 Å². The molecule has 134 valence electrons. The molecule has 3 rings (SSSR count). The van der Waals surface area contributed by atoms with Gasteiger partial charge < -0.3 is 5.32 Å². The molecule has 1 aromatic heterocycles. The molecule has 0 atom stereocenters. The Labute approximate surface area is 158 Å². The average molecular weight is 380 g/mol. The van der Waals surface area contributed by atoms with Gasteiger partial charge in [0.25, 0.3) is 5.69 Å². The van der Waals surface area contributed by atoms with Gasteiger partial charge in [0, 0.05) is 29.3 Å². The molecule has 0 bridgehead atoms. The highest BCUT2D eigenvalue weighted by atomic mass is 32.1. The maximum Gasteiger partial charge on any atom is 0.270 e. The number of halogens is 1. The van der Waals surface area contributed by atoms with Crippen molar-refractivity contribution in [2.24, 2.45) is 0 Å². The number of nitriles is 1. The maximum absolute atomic E-state index is 13.8. The summed E-state index contributed by atoms with van der Waals surface area (Å²) in [5.74, 6) is -0.425. The predicted octanol–water partition coefficient (Wildman–Crippen LogP) is 5.14. The van der Waals surface area contributed by atoms with Crippen LogP contribution in [-0.2, 0) is 0 Å². The number of hydrogen-bond acceptors (Lipinski definition) is 6. The first-order valence-electron chi connectivity index (χ1n) is 7.81. The standard InChI is InChI=1S/C19H13FN4O2S/c1-12-5-6-16(20)17(7-12)22-10-14(9-21)19-23-18(11-27-19)13-3-2-4-15(8-13)24(25)26/h2-8,10-11,22H,1H3/b14-10+. The van der Waals surface area contributed by atoms with Crippen LogP contribution in [0.3, 0.4) is 0 Å². The monoisotopic (exact) mass is 380 g/mol. The van der Waals surface area contributed by atoms with E-state index in [1.54, 1.807) is 29.6 Å². The van der Waals surface area contributed by atoms with Crippen molar-refractivity contribution < 1.29 is 9.31 Å². The summed E-state index contributed by atoms with van der Waals surface area (Å²) in [4.78, 5) is 14.8. The van der Waals surface area contributed by atoms with Crippen LogP contribution < -0.4 is 5.32 Å². The second kappa shape index (κ2) is 7.76. The minimum absolute atomic E-state index is 0.0327. The molecule has 27 heavy (non-hydrogen) atoms. The summed E-state index contributed by atoms with van der Waals surface area (Å²) in [7, 11) is 0. The Morgan fingerprint density at radius 3 is 2.93 bits per heavy atom. The highest BCUT2D eigenvalue weighted by molar-refractivity contribution is 7.11. The molecule has 2 aromatic carbocycles. The lowest BCUT2D eigenvalue weighted by molar-refractivity contribution is -0.384. The van der Waals surface area contributed by atoms with Crippen molar-refractivity contribution in [2.75, 3.05) is 5.32 Å². The number of aryl methyl sites for hydroxylation is 1. The summed E-state index contributed by atoms with van der Waals surface area (Å²) in [6, 6.07) is 12.8. The molecule has 6 nitrogen and oxygen atoms in total. The van der Waals surface area contributed by atoms with Crippen LogP contribution in [0.5, 0.6) is 0 Å². The lowest BCUT2D eigenvalue weighted by Crippen LogP contribution is -1.94. The molecule has 0 saturated carbocycles. The van der Waals surface area contributed by atoms with Gasteiger partial charge in [0.2, 0.25) is 0 Å². The number of non-ortho nitro benzene ring substituents is 1. The number of allylic oxidation sites excluding steroid dienone is 1. The second-order valence-corrected chi connectivity index (χ2v) is 6.50. The van der Waals surface area contributed by atoms with Gasteiger partial charge in [-0.3, -0.25) is 10.1 Å². The molecular weight excluding hydrogens is 367 g/mol. The van der Waals surface area contributed by atoms with Crippen LogP contribution in [0.1, 0.15) is 10.6 Å². The van der Waals surface area contributed by atoms with Gasteiger partial charge in [-0.2, -0.15) is 5.26 Å². The summed E-state index contributed by atoms with van der Waals surface area (Å²) in [5, 5.41) is 25.3. The van der Waals surface area contributed by atoms with Crippen molar-refractivity contribution in [3.05, 3.63) is 80.5 Å². The zero-order valence-electron chi connectivity index (χ0n) is 14.1. The van der Waals surface area contributed by atoms with Gasteiger partial charge in [0.15, 0.2) is 0 Å². The Bertz CT molecular complexity index is 1090. The molecule has 0 unspecified atom stereocenters. The summed E-state index contributed by atoms with van der Waals surface area (Å²) in [6.45, 7) is 1.84. The van der Waals surface area contributed by atoms with Crippen molar-refractivity contribution in [3.8, 4) is 17.3 Å². The summed E-state index contributed by atoms with van der Waals surface area (Å²) in [6.07, 6.45) is 1.40. The third-order valence-corrected chi connectivity index (χ3v) is 4.58. The van der Waals surface area contributed by atoms with E-state index < -0.39 is 10.7 Å². The number of aromatic nitrogens is 1. The van der Waals surface area contributed by atoms with Crippen molar-refractivity contribution >= 4 is 28.3 Å². The van der Waals surface area contributed by atoms with E-state index in [0.717, 1.165) is 5.56 Å². The lowest BCUT2D eigenvalue weighted by Gasteiger charge is -2.04. The van der Waals surface area contributed by atoms with E-state index in [-0.39, 0.29) is 16.9 Å². The molecule has 1 N–H and O–H groups in total. The highest BCUT2D eigenvalue weighted by Gasteiger charge is 2.12. The number of nitro benzene ring substituents is 1. The SMILES string of the molecule is Cc1ccc(F)c(N/C=C(\C#N)c2nc(-c3cccc([N+](=O)[O-])c3)cs2)c1. The zero-order chi connectivity index (χ0) is 19.4. The van der Waals surface area contributed by atoms with Crippen LogP contribution in [0, 0.1) is 34.2 Å². The lowest BCUT2D eigenvalue weighted by atomic mass is 10.1. The van der Waals surface area contributed by atoms with Gasteiger partial charge in [-0.1, -0.05) is 18.2 Å². The number of thiazole rings is 1. The van der Waals surface area contributed by atoms with E-state index in [2.05, 4.69) is 10.3 Å². The first-order valence-corrected chi connectivity index (χ1v) is 8.69. The van der Waals surface area contributed by atoms with Crippen LogP contribution in [0.2, 0.25) is 0 Å². The Morgan fingerprint density at radius 2 is 2.19 bits per heavy atom. The van der Waals surface area contributed by atoms with Crippen LogP contribution in [0.25, 0.3) is 16.8 Å². The molecule has 0 radical (unpaired) electrons. The number of hydrogen-bond donors (Lipinski definition) is 1. The van der Waals surface area contributed by atoms with Crippen molar-refractivity contribution in [1.82, 2.24) is 4.98 Å². The van der Waals surface area contributed by atoms with Gasteiger partial charge in [-0.15, -0.1) is 11.3 Å². The summed E-state index contributed by atoms with van der Waals surface area (Å²) < 4.78 is 13.8. The number of nitro groups is 1. The molecule has 0 fully saturated rings. The third kappa shape index (κ3) is 4.16. The van der Waals surface area contributed by atoms with E-state index in [0.29, 0.717) is 16.3 Å². The molecule has 0 aliphatic rings. The van der Waals surface area contributed by atoms with Crippen molar-refractivity contribution in [2.45, 2.75) is 6.92 Å². The quantitative estimate of drug-likeness (QED) is 0.376. The summed E-state index contributed by atoms with van der Waals surface area (Å²) in [5.41, 5.74) is 2.46. The molecule has 0 aliphatic carbocycles. The van der Waals surface area contributed by atoms with E-state index in [9.17, 15) is 19.8 Å². The molecule has 0 saturated heterocycles. The molecule has 1 heterocycles. The first-order chi connectivity index (χ1) is 13.0. The Balaban J connectivity index is 1.87. The van der Waals surface area contributed by atoms with Crippen LogP contribution in [0.4, 0.5) is 15.8 Å². The second-order valence-electron chi connectivity index (χ2n) is 5.64. The molecule has 0 aliphatic heterocycles. The third-order valence-electron chi connectivity index (χ3n) is 3.70. The van der Waals surface area contributed by atoms with E-state index in [1.165, 1.54) is 35.7 Å². The van der Waals surface area contributed by atoms with Gasteiger partial charge in [0.05, 0.1) is 16.3 Å². The van der Waals surface area contributed by atoms with Crippen LogP contribution in [0.15, 0.2) is 54.0 Å². The van der Waals surface area contributed by atoms with E-state index in [1.807, 2.05) is 13.0 Å². The molecule has 8 heteroatoms. The van der Waals surface area contributed by atoms with Crippen LogP contribution in [-0.4, -0.2) is 9.91 Å².